The van der Waals surface area contributed by atoms with Crippen LogP contribution in [-0.2, 0) is 21.6 Å². The number of rotatable bonds is 4. The van der Waals surface area contributed by atoms with Crippen LogP contribution in [0.25, 0.3) is 11.4 Å². The van der Waals surface area contributed by atoms with Gasteiger partial charge in [0, 0.05) is 30.6 Å². The average molecular weight is 340 g/mol. The van der Waals surface area contributed by atoms with Crippen LogP contribution in [0.15, 0.2) is 60.0 Å². The Morgan fingerprint density at radius 2 is 1.71 bits per heavy atom. The van der Waals surface area contributed by atoms with E-state index in [0.29, 0.717) is 13.2 Å². The van der Waals surface area contributed by atoms with Crippen molar-refractivity contribution in [2.45, 2.75) is 10.3 Å². The summed E-state index contributed by atoms with van der Waals surface area (Å²) in [5.74, 6) is 0.779. The summed E-state index contributed by atoms with van der Waals surface area (Å²) in [7, 11) is 1.94. The van der Waals surface area contributed by atoms with Crippen LogP contribution < -0.4 is 0 Å². The number of aromatic nitrogens is 4. The van der Waals surface area contributed by atoms with Gasteiger partial charge < -0.3 is 14.0 Å². The van der Waals surface area contributed by atoms with Crippen LogP contribution in [0, 0.1) is 0 Å². The number of pyridine rings is 1. The van der Waals surface area contributed by atoms with Crippen molar-refractivity contribution in [2.75, 3.05) is 13.2 Å². The highest BCUT2D eigenvalue weighted by Gasteiger charge is 2.41. The largest absolute Gasteiger partial charge is 0.335 e. The zero-order valence-corrected chi connectivity index (χ0v) is 13.9. The van der Waals surface area contributed by atoms with E-state index >= 15 is 0 Å². The highest BCUT2D eigenvalue weighted by Crippen LogP contribution is 2.45. The summed E-state index contributed by atoms with van der Waals surface area (Å²) in [6, 6.07) is 13.7. The Hall–Kier alpha value is -2.22. The first-order valence-electron chi connectivity index (χ1n) is 7.61. The van der Waals surface area contributed by atoms with Gasteiger partial charge >= 0.3 is 0 Å². The molecule has 0 aliphatic carbocycles. The van der Waals surface area contributed by atoms with Gasteiger partial charge in [0.05, 0.1) is 13.2 Å². The van der Waals surface area contributed by atoms with Crippen molar-refractivity contribution in [2.24, 2.45) is 7.05 Å². The molecule has 1 aromatic carbocycles. The summed E-state index contributed by atoms with van der Waals surface area (Å²) in [6.07, 6.45) is 3.48. The number of hydrogen-bond donors (Lipinski definition) is 0. The standard InChI is InChI=1S/C17H16N4O2S/c1-21-15(13-7-9-18-10-8-13)19-20-16(21)24-17(22-11-12-23-17)14-5-3-2-4-6-14/h2-10H,11-12H2,1H3. The van der Waals surface area contributed by atoms with Crippen molar-refractivity contribution in [3.8, 4) is 11.4 Å². The second-order valence-corrected chi connectivity index (χ2v) is 6.43. The fourth-order valence-corrected chi connectivity index (χ4v) is 3.68. The number of ether oxygens (including phenoxy) is 2. The molecule has 0 atom stereocenters. The molecule has 3 heterocycles. The topological polar surface area (TPSA) is 62.1 Å². The fourth-order valence-electron chi connectivity index (χ4n) is 2.60. The van der Waals surface area contributed by atoms with E-state index in [1.54, 1.807) is 12.4 Å². The molecule has 0 unspecified atom stereocenters. The first-order valence-corrected chi connectivity index (χ1v) is 8.42. The number of nitrogens with zero attached hydrogens (tertiary/aromatic N) is 4. The van der Waals surface area contributed by atoms with Gasteiger partial charge in [-0.25, -0.2) is 0 Å². The molecule has 0 N–H and O–H groups in total. The van der Waals surface area contributed by atoms with Gasteiger partial charge in [0.1, 0.15) is 0 Å². The number of benzene rings is 1. The van der Waals surface area contributed by atoms with Crippen LogP contribution in [-0.4, -0.2) is 33.0 Å². The highest BCUT2D eigenvalue weighted by molar-refractivity contribution is 7.99. The second kappa shape index (κ2) is 6.35. The predicted molar refractivity (Wildman–Crippen MR) is 90.1 cm³/mol. The quantitative estimate of drug-likeness (QED) is 0.728. The summed E-state index contributed by atoms with van der Waals surface area (Å²) >= 11 is 1.42. The summed E-state index contributed by atoms with van der Waals surface area (Å²) < 4.78 is 13.8. The van der Waals surface area contributed by atoms with Gasteiger partial charge in [-0.2, -0.15) is 0 Å². The normalized spacial score (nSPS) is 16.4. The lowest BCUT2D eigenvalue weighted by Gasteiger charge is -2.26. The molecule has 2 aromatic heterocycles. The van der Waals surface area contributed by atoms with E-state index in [1.165, 1.54) is 11.8 Å². The van der Waals surface area contributed by atoms with Crippen LogP contribution in [0.3, 0.4) is 0 Å². The maximum atomic E-state index is 5.95. The van der Waals surface area contributed by atoms with E-state index in [1.807, 2.05) is 54.1 Å². The van der Waals surface area contributed by atoms with E-state index in [0.717, 1.165) is 22.1 Å². The van der Waals surface area contributed by atoms with E-state index in [-0.39, 0.29) is 0 Å². The van der Waals surface area contributed by atoms with E-state index in [4.69, 9.17) is 9.47 Å². The van der Waals surface area contributed by atoms with Crippen molar-refractivity contribution in [1.82, 2.24) is 19.7 Å². The van der Waals surface area contributed by atoms with Gasteiger partial charge in [-0.3, -0.25) is 4.98 Å². The van der Waals surface area contributed by atoms with Gasteiger partial charge in [0.25, 0.3) is 5.12 Å². The lowest BCUT2D eigenvalue weighted by atomic mass is 10.2. The first kappa shape index (κ1) is 15.3. The Labute approximate surface area is 143 Å². The number of thioether (sulfide) groups is 1. The lowest BCUT2D eigenvalue weighted by molar-refractivity contribution is -0.0818. The van der Waals surface area contributed by atoms with Crippen LogP contribution >= 0.6 is 11.8 Å². The van der Waals surface area contributed by atoms with Crippen LogP contribution in [0.4, 0.5) is 0 Å². The third-order valence-corrected chi connectivity index (χ3v) is 5.07. The zero-order chi connectivity index (χ0) is 16.4. The van der Waals surface area contributed by atoms with Crippen LogP contribution in [0.2, 0.25) is 0 Å². The third kappa shape index (κ3) is 2.71. The summed E-state index contributed by atoms with van der Waals surface area (Å²) in [5, 5.41) is 8.48. The molecule has 1 fully saturated rings. The molecule has 0 radical (unpaired) electrons. The molecule has 122 valence electrons. The smallest absolute Gasteiger partial charge is 0.253 e. The molecule has 0 amide bonds. The Kier molecular flexibility index (Phi) is 4.05. The molecule has 1 saturated heterocycles. The van der Waals surface area contributed by atoms with Gasteiger partial charge in [-0.15, -0.1) is 10.2 Å². The molecular weight excluding hydrogens is 324 g/mol. The van der Waals surface area contributed by atoms with E-state index < -0.39 is 5.12 Å². The molecule has 7 heteroatoms. The molecule has 1 aliphatic heterocycles. The summed E-state index contributed by atoms with van der Waals surface area (Å²) in [6.45, 7) is 1.11. The molecular formula is C17H16N4O2S. The molecule has 6 nitrogen and oxygen atoms in total. The molecule has 0 saturated carbocycles. The predicted octanol–water partition coefficient (Wildman–Crippen LogP) is 2.83. The van der Waals surface area contributed by atoms with Crippen molar-refractivity contribution in [1.29, 1.82) is 0 Å². The first-order chi connectivity index (χ1) is 11.8. The lowest BCUT2D eigenvalue weighted by Crippen LogP contribution is -2.23. The van der Waals surface area contributed by atoms with E-state index in [2.05, 4.69) is 15.2 Å². The summed E-state index contributed by atoms with van der Waals surface area (Å²) in [5.41, 5.74) is 1.93. The van der Waals surface area contributed by atoms with Crippen molar-refractivity contribution >= 4 is 11.8 Å². The minimum atomic E-state index is -0.877. The molecule has 1 aliphatic rings. The van der Waals surface area contributed by atoms with Crippen LogP contribution in [0.1, 0.15) is 5.56 Å². The van der Waals surface area contributed by atoms with Gasteiger partial charge in [-0.05, 0) is 23.9 Å². The summed E-state index contributed by atoms with van der Waals surface area (Å²) in [4.78, 5) is 4.04. The monoisotopic (exact) mass is 340 g/mol. The van der Waals surface area contributed by atoms with Crippen LogP contribution in [0.5, 0.6) is 0 Å². The Morgan fingerprint density at radius 3 is 2.42 bits per heavy atom. The van der Waals surface area contributed by atoms with Gasteiger partial charge in [0.15, 0.2) is 11.0 Å². The highest BCUT2D eigenvalue weighted by atomic mass is 32.2. The third-order valence-electron chi connectivity index (χ3n) is 3.79. The molecule has 0 spiro atoms. The maximum absolute atomic E-state index is 5.95. The maximum Gasteiger partial charge on any atom is 0.253 e. The van der Waals surface area contributed by atoms with Crippen molar-refractivity contribution in [3.05, 3.63) is 60.4 Å². The Bertz CT molecular complexity index is 817. The fraction of sp³-hybridized carbons (Fsp3) is 0.235. The van der Waals surface area contributed by atoms with E-state index in [9.17, 15) is 0 Å². The molecule has 3 aromatic rings. The SMILES string of the molecule is Cn1c(SC2(c3ccccc3)OCCO2)nnc1-c1ccncc1. The minimum absolute atomic E-state index is 0.553. The Balaban J connectivity index is 1.68. The van der Waals surface area contributed by atoms with Crippen molar-refractivity contribution in [3.63, 3.8) is 0 Å². The zero-order valence-electron chi connectivity index (χ0n) is 13.1. The molecule has 0 bridgehead atoms. The van der Waals surface area contributed by atoms with Gasteiger partial charge in [-0.1, -0.05) is 30.3 Å². The average Bonchev–Trinajstić information content (AvgIpc) is 3.25. The van der Waals surface area contributed by atoms with Crippen molar-refractivity contribution < 1.29 is 9.47 Å². The minimum Gasteiger partial charge on any atom is -0.335 e. The van der Waals surface area contributed by atoms with Gasteiger partial charge in [0.2, 0.25) is 0 Å². The molecule has 24 heavy (non-hydrogen) atoms. The Morgan fingerprint density at radius 1 is 1.00 bits per heavy atom. The second-order valence-electron chi connectivity index (χ2n) is 5.32. The number of hydrogen-bond acceptors (Lipinski definition) is 6. The molecule has 4 rings (SSSR count).